The molecule has 0 saturated heterocycles. The van der Waals surface area contributed by atoms with Gasteiger partial charge < -0.3 is 4.74 Å². The summed E-state index contributed by atoms with van der Waals surface area (Å²) >= 11 is 3.35. The monoisotopic (exact) mass is 270 g/mol. The van der Waals surface area contributed by atoms with Gasteiger partial charge in [-0.15, -0.1) is 0 Å². The fourth-order valence-electron chi connectivity index (χ4n) is 1.28. The van der Waals surface area contributed by atoms with E-state index in [0.717, 1.165) is 22.0 Å². The van der Waals surface area contributed by atoms with E-state index in [-0.39, 0.29) is 12.4 Å². The lowest BCUT2D eigenvalue weighted by atomic mass is 10.1. The number of Topliss-reactive ketones (excluding diaryl/α,β-unsaturated/α-hetero) is 1. The zero-order valence-electron chi connectivity index (χ0n) is 9.05. The van der Waals surface area contributed by atoms with E-state index in [1.54, 1.807) is 0 Å². The molecule has 0 aliphatic rings. The van der Waals surface area contributed by atoms with Crippen LogP contribution in [0.4, 0.5) is 0 Å². The summed E-state index contributed by atoms with van der Waals surface area (Å²) in [5.41, 5.74) is 1.73. The third-order valence-corrected chi connectivity index (χ3v) is 2.57. The quantitative estimate of drug-likeness (QED) is 0.606. The predicted octanol–water partition coefficient (Wildman–Crippen LogP) is 3.37. The van der Waals surface area contributed by atoms with Crippen molar-refractivity contribution < 1.29 is 9.53 Å². The van der Waals surface area contributed by atoms with Crippen molar-refractivity contribution >= 4 is 21.7 Å². The van der Waals surface area contributed by atoms with Crippen LogP contribution in [0.3, 0.4) is 0 Å². The lowest BCUT2D eigenvalue weighted by Gasteiger charge is -2.06. The molecule has 1 aromatic rings. The van der Waals surface area contributed by atoms with Gasteiger partial charge in [-0.25, -0.2) is 0 Å². The molecule has 0 amide bonds. The molecule has 82 valence electrons. The minimum absolute atomic E-state index is 0.0438. The summed E-state index contributed by atoms with van der Waals surface area (Å²) in [4.78, 5) is 11.7. The summed E-state index contributed by atoms with van der Waals surface area (Å²) in [6, 6.07) is 5.70. The molecule has 15 heavy (non-hydrogen) atoms. The van der Waals surface area contributed by atoms with Crippen molar-refractivity contribution in [1.82, 2.24) is 0 Å². The highest BCUT2D eigenvalue weighted by molar-refractivity contribution is 9.10. The highest BCUT2D eigenvalue weighted by Gasteiger charge is 2.09. The van der Waals surface area contributed by atoms with E-state index in [2.05, 4.69) is 15.9 Å². The SMILES string of the molecule is CCCOCC(=O)c1cc(Br)ccc1C. The Labute approximate surface area is 98.8 Å². The van der Waals surface area contributed by atoms with Gasteiger partial charge in [-0.3, -0.25) is 4.79 Å². The molecule has 0 aliphatic carbocycles. The van der Waals surface area contributed by atoms with Crippen molar-refractivity contribution in [2.45, 2.75) is 20.3 Å². The second-order valence-electron chi connectivity index (χ2n) is 3.44. The Kier molecular flexibility index (Phi) is 4.99. The zero-order valence-corrected chi connectivity index (χ0v) is 10.6. The molecule has 1 rings (SSSR count). The molecular weight excluding hydrogens is 256 g/mol. The number of ether oxygens (including phenoxy) is 1. The van der Waals surface area contributed by atoms with E-state index in [1.165, 1.54) is 0 Å². The van der Waals surface area contributed by atoms with Gasteiger partial charge in [0.05, 0.1) is 0 Å². The number of benzene rings is 1. The Morgan fingerprint density at radius 3 is 2.87 bits per heavy atom. The predicted molar refractivity (Wildman–Crippen MR) is 64.3 cm³/mol. The molecule has 0 unspecified atom stereocenters. The minimum atomic E-state index is 0.0438. The second kappa shape index (κ2) is 6.03. The Morgan fingerprint density at radius 2 is 2.20 bits per heavy atom. The molecule has 0 bridgehead atoms. The van der Waals surface area contributed by atoms with Gasteiger partial charge in [0.25, 0.3) is 0 Å². The van der Waals surface area contributed by atoms with Gasteiger partial charge in [0.2, 0.25) is 0 Å². The number of hydrogen-bond donors (Lipinski definition) is 0. The minimum Gasteiger partial charge on any atom is -0.373 e. The average molecular weight is 271 g/mol. The van der Waals surface area contributed by atoms with Gasteiger partial charge in [-0.05, 0) is 31.0 Å². The van der Waals surface area contributed by atoms with Crippen LogP contribution in [0.2, 0.25) is 0 Å². The fraction of sp³-hybridized carbons (Fsp3) is 0.417. The number of aryl methyl sites for hydroxylation is 1. The Hall–Kier alpha value is -0.670. The van der Waals surface area contributed by atoms with Gasteiger partial charge >= 0.3 is 0 Å². The summed E-state index contributed by atoms with van der Waals surface area (Å²) in [6.07, 6.45) is 0.935. The Morgan fingerprint density at radius 1 is 1.47 bits per heavy atom. The molecule has 2 nitrogen and oxygen atoms in total. The Balaban J connectivity index is 2.68. The van der Waals surface area contributed by atoms with Crippen LogP contribution in [0.1, 0.15) is 29.3 Å². The third kappa shape index (κ3) is 3.76. The number of ketones is 1. The Bertz CT molecular complexity index is 347. The van der Waals surface area contributed by atoms with Gasteiger partial charge in [0.15, 0.2) is 5.78 Å². The number of hydrogen-bond acceptors (Lipinski definition) is 2. The summed E-state index contributed by atoms with van der Waals surface area (Å²) in [6.45, 7) is 4.76. The highest BCUT2D eigenvalue weighted by atomic mass is 79.9. The summed E-state index contributed by atoms with van der Waals surface area (Å²) in [5.74, 6) is 0.0438. The number of carbonyl (C=O) groups is 1. The number of carbonyl (C=O) groups excluding carboxylic acids is 1. The van der Waals surface area contributed by atoms with Crippen molar-refractivity contribution in [1.29, 1.82) is 0 Å². The molecule has 0 spiro atoms. The van der Waals surface area contributed by atoms with Crippen LogP contribution in [0.25, 0.3) is 0 Å². The van der Waals surface area contributed by atoms with Crippen molar-refractivity contribution in [2.24, 2.45) is 0 Å². The van der Waals surface area contributed by atoms with E-state index in [1.807, 2.05) is 32.0 Å². The molecule has 0 atom stereocenters. The van der Waals surface area contributed by atoms with Crippen LogP contribution >= 0.6 is 15.9 Å². The molecule has 0 radical (unpaired) electrons. The molecule has 0 N–H and O–H groups in total. The van der Waals surface area contributed by atoms with Gasteiger partial charge in [0.1, 0.15) is 6.61 Å². The maximum Gasteiger partial charge on any atom is 0.188 e. The molecule has 0 saturated carbocycles. The number of rotatable bonds is 5. The first kappa shape index (κ1) is 12.4. The molecule has 0 aliphatic heterocycles. The standard InChI is InChI=1S/C12H15BrO2/c1-3-6-15-8-12(14)11-7-10(13)5-4-9(11)2/h4-5,7H,3,6,8H2,1-2H3. The van der Waals surface area contributed by atoms with Crippen molar-refractivity contribution in [3.8, 4) is 0 Å². The van der Waals surface area contributed by atoms with Crippen LogP contribution in [0.15, 0.2) is 22.7 Å². The van der Waals surface area contributed by atoms with Crippen LogP contribution in [0, 0.1) is 6.92 Å². The topological polar surface area (TPSA) is 26.3 Å². The van der Waals surface area contributed by atoms with Crippen molar-refractivity contribution in [3.05, 3.63) is 33.8 Å². The fourth-order valence-corrected chi connectivity index (χ4v) is 1.64. The summed E-state index contributed by atoms with van der Waals surface area (Å²) < 4.78 is 6.15. The molecule has 0 aromatic heterocycles. The van der Waals surface area contributed by atoms with Crippen LogP contribution in [0.5, 0.6) is 0 Å². The first-order valence-electron chi connectivity index (χ1n) is 5.02. The van der Waals surface area contributed by atoms with Crippen LogP contribution < -0.4 is 0 Å². The van der Waals surface area contributed by atoms with E-state index >= 15 is 0 Å². The van der Waals surface area contributed by atoms with Gasteiger partial charge in [-0.2, -0.15) is 0 Å². The summed E-state index contributed by atoms with van der Waals surface area (Å²) in [7, 11) is 0. The van der Waals surface area contributed by atoms with Gasteiger partial charge in [-0.1, -0.05) is 28.9 Å². The lowest BCUT2D eigenvalue weighted by Crippen LogP contribution is -2.11. The van der Waals surface area contributed by atoms with E-state index in [4.69, 9.17) is 4.74 Å². The van der Waals surface area contributed by atoms with Crippen LogP contribution in [-0.2, 0) is 4.74 Å². The normalized spacial score (nSPS) is 10.3. The smallest absolute Gasteiger partial charge is 0.188 e. The van der Waals surface area contributed by atoms with Gasteiger partial charge in [0, 0.05) is 16.6 Å². The van der Waals surface area contributed by atoms with Crippen LogP contribution in [-0.4, -0.2) is 19.0 Å². The first-order valence-corrected chi connectivity index (χ1v) is 5.81. The zero-order chi connectivity index (χ0) is 11.3. The maximum absolute atomic E-state index is 11.7. The van der Waals surface area contributed by atoms with E-state index in [9.17, 15) is 4.79 Å². The maximum atomic E-state index is 11.7. The number of halogens is 1. The second-order valence-corrected chi connectivity index (χ2v) is 4.35. The average Bonchev–Trinajstić information content (AvgIpc) is 2.22. The lowest BCUT2D eigenvalue weighted by molar-refractivity contribution is 0.0760. The molecule has 3 heteroatoms. The molecule has 0 heterocycles. The highest BCUT2D eigenvalue weighted by Crippen LogP contribution is 2.16. The molecule has 1 aromatic carbocycles. The first-order chi connectivity index (χ1) is 7.15. The molecular formula is C12H15BrO2. The van der Waals surface area contributed by atoms with Crippen molar-refractivity contribution in [2.75, 3.05) is 13.2 Å². The third-order valence-electron chi connectivity index (χ3n) is 2.08. The largest absolute Gasteiger partial charge is 0.373 e. The van der Waals surface area contributed by atoms with E-state index in [0.29, 0.717) is 6.61 Å². The molecule has 0 fully saturated rings. The van der Waals surface area contributed by atoms with Crippen molar-refractivity contribution in [3.63, 3.8) is 0 Å². The summed E-state index contributed by atoms with van der Waals surface area (Å²) in [5, 5.41) is 0. The van der Waals surface area contributed by atoms with E-state index < -0.39 is 0 Å².